The van der Waals surface area contributed by atoms with Gasteiger partial charge >= 0.3 is 0 Å². The summed E-state index contributed by atoms with van der Waals surface area (Å²) < 4.78 is 0. The number of hydrogen-bond donors (Lipinski definition) is 2. The summed E-state index contributed by atoms with van der Waals surface area (Å²) in [5.41, 5.74) is 2.32. The van der Waals surface area contributed by atoms with Crippen LogP contribution in [-0.4, -0.2) is 24.5 Å². The molecule has 2 rings (SSSR count). The maximum absolute atomic E-state index is 4.27. The Labute approximate surface area is 143 Å². The third kappa shape index (κ3) is 6.57. The average molecular weight is 396 g/mol. The molecule has 0 bridgehead atoms. The number of benzene rings is 1. The lowest BCUT2D eigenvalue weighted by molar-refractivity contribution is 0.783. The highest BCUT2D eigenvalue weighted by Gasteiger charge is 1.98. The molecule has 112 valence electrons. The van der Waals surface area contributed by atoms with E-state index >= 15 is 0 Å². The summed E-state index contributed by atoms with van der Waals surface area (Å²) in [6.07, 6.45) is 2.77. The topological polar surface area (TPSA) is 49.3 Å². The number of hydrogen-bond acceptors (Lipinski definition) is 2. The molecule has 0 amide bonds. The van der Waals surface area contributed by atoms with Crippen LogP contribution in [0, 0.1) is 0 Å². The summed E-state index contributed by atoms with van der Waals surface area (Å²) in [7, 11) is 1.77. The number of halogens is 1. The van der Waals surface area contributed by atoms with E-state index in [4.69, 9.17) is 0 Å². The fraction of sp³-hybridized carbons (Fsp3) is 0.250. The predicted molar refractivity (Wildman–Crippen MR) is 98.0 cm³/mol. The van der Waals surface area contributed by atoms with Crippen molar-refractivity contribution in [1.29, 1.82) is 0 Å². The van der Waals surface area contributed by atoms with E-state index in [9.17, 15) is 0 Å². The van der Waals surface area contributed by atoms with Gasteiger partial charge in [-0.3, -0.25) is 9.98 Å². The van der Waals surface area contributed by atoms with Crippen molar-refractivity contribution >= 4 is 29.9 Å². The molecule has 0 saturated heterocycles. The minimum absolute atomic E-state index is 0. The normalized spacial score (nSPS) is 10.6. The first-order valence-electron chi connectivity index (χ1n) is 6.77. The smallest absolute Gasteiger partial charge is 0.191 e. The second kappa shape index (κ2) is 10.1. The van der Waals surface area contributed by atoms with Crippen LogP contribution < -0.4 is 10.6 Å². The minimum atomic E-state index is 0. The SMILES string of the molecule is CN=C(NCCc1ccccc1)NCc1ccccn1.I. The number of rotatable bonds is 5. The molecular weight excluding hydrogens is 375 g/mol. The lowest BCUT2D eigenvalue weighted by atomic mass is 10.1. The fourth-order valence-electron chi connectivity index (χ4n) is 1.87. The fourth-order valence-corrected chi connectivity index (χ4v) is 1.87. The maximum Gasteiger partial charge on any atom is 0.191 e. The molecule has 0 unspecified atom stereocenters. The standard InChI is InChI=1S/C16H20N4.HI/c1-17-16(20-13-15-9-5-6-11-18-15)19-12-10-14-7-3-2-4-8-14;/h2-9,11H,10,12-13H2,1H3,(H2,17,19,20);1H. The van der Waals surface area contributed by atoms with Gasteiger partial charge in [0.25, 0.3) is 0 Å². The van der Waals surface area contributed by atoms with Crippen molar-refractivity contribution in [3.63, 3.8) is 0 Å². The molecule has 1 heterocycles. The zero-order valence-corrected chi connectivity index (χ0v) is 14.5. The summed E-state index contributed by atoms with van der Waals surface area (Å²) >= 11 is 0. The lowest BCUT2D eigenvalue weighted by Crippen LogP contribution is -2.38. The monoisotopic (exact) mass is 396 g/mol. The van der Waals surface area contributed by atoms with Crippen LogP contribution in [0.4, 0.5) is 0 Å². The Morgan fingerprint density at radius 3 is 2.48 bits per heavy atom. The first kappa shape index (κ1) is 17.4. The summed E-state index contributed by atoms with van der Waals surface area (Å²) in [5.74, 6) is 0.798. The largest absolute Gasteiger partial charge is 0.356 e. The quantitative estimate of drug-likeness (QED) is 0.464. The lowest BCUT2D eigenvalue weighted by Gasteiger charge is -2.11. The van der Waals surface area contributed by atoms with Gasteiger partial charge in [0.1, 0.15) is 0 Å². The van der Waals surface area contributed by atoms with Gasteiger partial charge in [-0.1, -0.05) is 36.4 Å². The summed E-state index contributed by atoms with van der Waals surface area (Å²) in [4.78, 5) is 8.47. The minimum Gasteiger partial charge on any atom is -0.356 e. The van der Waals surface area contributed by atoms with Crippen LogP contribution in [0.25, 0.3) is 0 Å². The molecule has 1 aromatic carbocycles. The number of pyridine rings is 1. The molecule has 0 atom stereocenters. The molecule has 0 aliphatic heterocycles. The van der Waals surface area contributed by atoms with Crippen molar-refractivity contribution in [2.75, 3.05) is 13.6 Å². The molecule has 4 nitrogen and oxygen atoms in total. The molecule has 0 fully saturated rings. The van der Waals surface area contributed by atoms with Crippen LogP contribution >= 0.6 is 24.0 Å². The molecule has 5 heteroatoms. The summed E-state index contributed by atoms with van der Waals surface area (Å²) in [6.45, 7) is 1.53. The summed E-state index contributed by atoms with van der Waals surface area (Å²) in [5, 5.41) is 6.55. The molecule has 0 spiro atoms. The van der Waals surface area contributed by atoms with Crippen LogP contribution in [0.15, 0.2) is 59.7 Å². The van der Waals surface area contributed by atoms with Gasteiger partial charge < -0.3 is 10.6 Å². The molecule has 0 saturated carbocycles. The van der Waals surface area contributed by atoms with Gasteiger partial charge in [-0.2, -0.15) is 0 Å². The zero-order chi connectivity index (χ0) is 14.0. The Morgan fingerprint density at radius 2 is 1.81 bits per heavy atom. The molecule has 1 aromatic heterocycles. The predicted octanol–water partition coefficient (Wildman–Crippen LogP) is 2.61. The first-order valence-corrected chi connectivity index (χ1v) is 6.77. The van der Waals surface area contributed by atoms with Crippen molar-refractivity contribution in [2.45, 2.75) is 13.0 Å². The van der Waals surface area contributed by atoms with E-state index in [1.54, 1.807) is 13.2 Å². The molecule has 0 radical (unpaired) electrons. The Morgan fingerprint density at radius 1 is 1.05 bits per heavy atom. The molecule has 21 heavy (non-hydrogen) atoms. The van der Waals surface area contributed by atoms with Crippen molar-refractivity contribution < 1.29 is 0 Å². The summed E-state index contributed by atoms with van der Waals surface area (Å²) in [6, 6.07) is 16.3. The van der Waals surface area contributed by atoms with Crippen LogP contribution in [0.5, 0.6) is 0 Å². The number of aromatic nitrogens is 1. The number of aliphatic imine (C=N–C) groups is 1. The van der Waals surface area contributed by atoms with Crippen LogP contribution in [0.3, 0.4) is 0 Å². The highest BCUT2D eigenvalue weighted by Crippen LogP contribution is 1.98. The van der Waals surface area contributed by atoms with E-state index in [2.05, 4.69) is 44.9 Å². The Kier molecular flexibility index (Phi) is 8.42. The van der Waals surface area contributed by atoms with Gasteiger partial charge in [0.15, 0.2) is 5.96 Å². The van der Waals surface area contributed by atoms with Gasteiger partial charge in [0, 0.05) is 19.8 Å². The highest BCUT2D eigenvalue weighted by atomic mass is 127. The van der Waals surface area contributed by atoms with Gasteiger partial charge in [0.05, 0.1) is 12.2 Å². The van der Waals surface area contributed by atoms with E-state index in [1.807, 2.05) is 24.3 Å². The van der Waals surface area contributed by atoms with Crippen LogP contribution in [0.1, 0.15) is 11.3 Å². The highest BCUT2D eigenvalue weighted by molar-refractivity contribution is 14.0. The first-order chi connectivity index (χ1) is 9.88. The van der Waals surface area contributed by atoms with E-state index in [1.165, 1.54) is 5.56 Å². The molecular formula is C16H21IN4. The number of guanidine groups is 1. The van der Waals surface area contributed by atoms with Crippen molar-refractivity contribution in [3.05, 3.63) is 66.0 Å². The van der Waals surface area contributed by atoms with E-state index in [0.717, 1.165) is 24.6 Å². The van der Waals surface area contributed by atoms with Crippen molar-refractivity contribution in [1.82, 2.24) is 15.6 Å². The number of nitrogens with zero attached hydrogens (tertiary/aromatic N) is 2. The van der Waals surface area contributed by atoms with E-state index < -0.39 is 0 Å². The van der Waals surface area contributed by atoms with Gasteiger partial charge in [-0.05, 0) is 24.1 Å². The zero-order valence-electron chi connectivity index (χ0n) is 12.1. The van der Waals surface area contributed by atoms with Gasteiger partial charge in [-0.25, -0.2) is 0 Å². The van der Waals surface area contributed by atoms with Crippen LogP contribution in [0.2, 0.25) is 0 Å². The third-order valence-electron chi connectivity index (χ3n) is 2.94. The second-order valence-corrected chi connectivity index (χ2v) is 4.41. The Balaban J connectivity index is 0.00000220. The molecule has 2 aromatic rings. The maximum atomic E-state index is 4.27. The number of nitrogens with one attached hydrogen (secondary N) is 2. The van der Waals surface area contributed by atoms with Gasteiger partial charge in [0.2, 0.25) is 0 Å². The third-order valence-corrected chi connectivity index (χ3v) is 2.94. The van der Waals surface area contributed by atoms with E-state index in [-0.39, 0.29) is 24.0 Å². The van der Waals surface area contributed by atoms with Crippen molar-refractivity contribution in [3.8, 4) is 0 Å². The molecule has 0 aliphatic rings. The Bertz CT molecular complexity index is 528. The average Bonchev–Trinajstić information content (AvgIpc) is 2.52. The Hall–Kier alpha value is -1.63. The molecule has 2 N–H and O–H groups in total. The van der Waals surface area contributed by atoms with Crippen molar-refractivity contribution in [2.24, 2.45) is 4.99 Å². The van der Waals surface area contributed by atoms with Gasteiger partial charge in [-0.15, -0.1) is 24.0 Å². The molecule has 0 aliphatic carbocycles. The van der Waals surface area contributed by atoms with E-state index in [0.29, 0.717) is 6.54 Å². The second-order valence-electron chi connectivity index (χ2n) is 4.41. The van der Waals surface area contributed by atoms with Crippen LogP contribution in [-0.2, 0) is 13.0 Å².